The van der Waals surface area contributed by atoms with Gasteiger partial charge in [-0.1, -0.05) is 30.3 Å². The van der Waals surface area contributed by atoms with Crippen molar-refractivity contribution in [2.75, 3.05) is 13.2 Å². The normalized spacial score (nSPS) is 12.0. The van der Waals surface area contributed by atoms with Crippen LogP contribution in [0.3, 0.4) is 0 Å². The summed E-state index contributed by atoms with van der Waals surface area (Å²) >= 11 is 0. The molecule has 0 aliphatic rings. The lowest BCUT2D eigenvalue weighted by Crippen LogP contribution is -2.33. The molecule has 114 valence electrons. The van der Waals surface area contributed by atoms with Crippen LogP contribution in [0.2, 0.25) is 0 Å². The molecule has 2 rings (SSSR count). The zero-order valence-electron chi connectivity index (χ0n) is 12.1. The largest absolute Gasteiger partial charge is 0.395 e. The minimum Gasteiger partial charge on any atom is -0.395 e. The zero-order chi connectivity index (χ0) is 15.5. The summed E-state index contributed by atoms with van der Waals surface area (Å²) in [5.41, 5.74) is 0.863. The number of aliphatic hydroxyl groups is 1. The van der Waals surface area contributed by atoms with Crippen molar-refractivity contribution in [1.29, 1.82) is 0 Å². The standard InChI is InChI=1S/C14H19N3O3S/c1-12-15-14(11-16(12)2)21(19,20)17(8-9-18)10-13-6-4-3-5-7-13/h3-7,11,18H,8-10H2,1-2H3. The van der Waals surface area contributed by atoms with Gasteiger partial charge < -0.3 is 9.67 Å². The van der Waals surface area contributed by atoms with Gasteiger partial charge in [0.2, 0.25) is 0 Å². The minimum atomic E-state index is -3.72. The van der Waals surface area contributed by atoms with Gasteiger partial charge in [-0.2, -0.15) is 4.31 Å². The third kappa shape index (κ3) is 3.49. The van der Waals surface area contributed by atoms with Crippen LogP contribution in [-0.4, -0.2) is 40.5 Å². The number of aryl methyl sites for hydroxylation is 2. The number of aliphatic hydroxyl groups excluding tert-OH is 1. The molecule has 0 amide bonds. The minimum absolute atomic E-state index is 0.00637. The third-order valence-electron chi connectivity index (χ3n) is 3.24. The van der Waals surface area contributed by atoms with Gasteiger partial charge in [-0.15, -0.1) is 0 Å². The molecule has 0 bridgehead atoms. The Balaban J connectivity index is 2.32. The van der Waals surface area contributed by atoms with E-state index in [-0.39, 0.29) is 24.7 Å². The van der Waals surface area contributed by atoms with Crippen molar-refractivity contribution < 1.29 is 13.5 Å². The lowest BCUT2D eigenvalue weighted by atomic mass is 10.2. The fourth-order valence-corrected chi connectivity index (χ4v) is 3.41. The number of aromatic nitrogens is 2. The third-order valence-corrected chi connectivity index (χ3v) is 4.96. The molecule has 0 aliphatic heterocycles. The van der Waals surface area contributed by atoms with Crippen LogP contribution in [0.4, 0.5) is 0 Å². The highest BCUT2D eigenvalue weighted by Gasteiger charge is 2.27. The summed E-state index contributed by atoms with van der Waals surface area (Å²) in [4.78, 5) is 4.08. The molecule has 0 fully saturated rings. The number of benzene rings is 1. The lowest BCUT2D eigenvalue weighted by molar-refractivity contribution is 0.251. The van der Waals surface area contributed by atoms with Crippen LogP contribution in [-0.2, 0) is 23.6 Å². The monoisotopic (exact) mass is 309 g/mol. The quantitative estimate of drug-likeness (QED) is 0.860. The summed E-state index contributed by atoms with van der Waals surface area (Å²) in [6.07, 6.45) is 1.49. The van der Waals surface area contributed by atoms with Gasteiger partial charge in [0.15, 0.2) is 5.03 Å². The molecule has 1 aromatic heterocycles. The van der Waals surface area contributed by atoms with E-state index in [1.54, 1.807) is 18.5 Å². The van der Waals surface area contributed by atoms with Crippen LogP contribution in [0.25, 0.3) is 0 Å². The SMILES string of the molecule is Cc1nc(S(=O)(=O)N(CCO)Cc2ccccc2)cn1C. The van der Waals surface area contributed by atoms with E-state index in [1.165, 1.54) is 10.5 Å². The molecular formula is C14H19N3O3S. The van der Waals surface area contributed by atoms with Gasteiger partial charge in [0.25, 0.3) is 10.0 Å². The molecule has 0 unspecified atom stereocenters. The first-order chi connectivity index (χ1) is 9.95. The summed E-state index contributed by atoms with van der Waals surface area (Å²) < 4.78 is 28.2. The average molecular weight is 309 g/mol. The highest BCUT2D eigenvalue weighted by molar-refractivity contribution is 7.89. The number of rotatable bonds is 6. The fraction of sp³-hybridized carbons (Fsp3) is 0.357. The maximum absolute atomic E-state index is 12.6. The summed E-state index contributed by atoms with van der Waals surface area (Å²) in [7, 11) is -1.98. The smallest absolute Gasteiger partial charge is 0.262 e. The van der Waals surface area contributed by atoms with Crippen molar-refractivity contribution in [3.05, 3.63) is 47.9 Å². The Morgan fingerprint density at radius 3 is 2.48 bits per heavy atom. The lowest BCUT2D eigenvalue weighted by Gasteiger charge is -2.20. The molecule has 1 heterocycles. The van der Waals surface area contributed by atoms with Crippen molar-refractivity contribution in [2.45, 2.75) is 18.5 Å². The van der Waals surface area contributed by atoms with Gasteiger partial charge in [0.1, 0.15) is 5.82 Å². The molecule has 0 saturated heterocycles. The van der Waals surface area contributed by atoms with E-state index < -0.39 is 10.0 Å². The van der Waals surface area contributed by atoms with Gasteiger partial charge in [-0.3, -0.25) is 0 Å². The van der Waals surface area contributed by atoms with E-state index in [4.69, 9.17) is 5.11 Å². The Morgan fingerprint density at radius 1 is 1.29 bits per heavy atom. The first-order valence-corrected chi connectivity index (χ1v) is 8.04. The zero-order valence-corrected chi connectivity index (χ0v) is 12.9. The molecule has 1 N–H and O–H groups in total. The van der Waals surface area contributed by atoms with E-state index in [0.717, 1.165) is 5.56 Å². The van der Waals surface area contributed by atoms with Gasteiger partial charge in [-0.25, -0.2) is 13.4 Å². The highest BCUT2D eigenvalue weighted by atomic mass is 32.2. The van der Waals surface area contributed by atoms with Crippen molar-refractivity contribution in [3.8, 4) is 0 Å². The Bertz CT molecular complexity index is 676. The maximum Gasteiger partial charge on any atom is 0.262 e. The second-order valence-corrected chi connectivity index (χ2v) is 6.67. The van der Waals surface area contributed by atoms with Crippen LogP contribution in [0.1, 0.15) is 11.4 Å². The van der Waals surface area contributed by atoms with Crippen LogP contribution in [0.5, 0.6) is 0 Å². The van der Waals surface area contributed by atoms with E-state index in [0.29, 0.717) is 5.82 Å². The first-order valence-electron chi connectivity index (χ1n) is 6.60. The molecule has 0 aliphatic carbocycles. The summed E-state index contributed by atoms with van der Waals surface area (Å²) in [5.74, 6) is 0.622. The van der Waals surface area contributed by atoms with Crippen molar-refractivity contribution in [3.63, 3.8) is 0 Å². The van der Waals surface area contributed by atoms with Gasteiger partial charge in [0.05, 0.1) is 6.61 Å². The number of hydrogen-bond acceptors (Lipinski definition) is 4. The molecule has 0 saturated carbocycles. The van der Waals surface area contributed by atoms with Crippen molar-refractivity contribution >= 4 is 10.0 Å². The predicted molar refractivity (Wildman–Crippen MR) is 79.1 cm³/mol. The summed E-state index contributed by atoms with van der Waals surface area (Å²) in [6, 6.07) is 9.28. The highest BCUT2D eigenvalue weighted by Crippen LogP contribution is 2.17. The van der Waals surface area contributed by atoms with Gasteiger partial charge in [0, 0.05) is 26.3 Å². The van der Waals surface area contributed by atoms with Gasteiger partial charge >= 0.3 is 0 Å². The molecule has 7 heteroatoms. The number of imidazole rings is 1. The van der Waals surface area contributed by atoms with E-state index in [2.05, 4.69) is 4.98 Å². The first kappa shape index (κ1) is 15.7. The van der Waals surface area contributed by atoms with Crippen LogP contribution < -0.4 is 0 Å². The Kier molecular flexibility index (Phi) is 4.76. The second kappa shape index (κ2) is 6.38. The molecular weight excluding hydrogens is 290 g/mol. The Hall–Kier alpha value is -1.70. The summed E-state index contributed by atoms with van der Waals surface area (Å²) in [6.45, 7) is 1.75. The number of hydrogen-bond donors (Lipinski definition) is 1. The van der Waals surface area contributed by atoms with Crippen LogP contribution in [0.15, 0.2) is 41.6 Å². The van der Waals surface area contributed by atoms with Crippen molar-refractivity contribution in [2.24, 2.45) is 7.05 Å². The Morgan fingerprint density at radius 2 is 1.95 bits per heavy atom. The van der Waals surface area contributed by atoms with Crippen LogP contribution in [0, 0.1) is 6.92 Å². The Labute approximate surface area is 124 Å². The van der Waals surface area contributed by atoms with E-state index in [9.17, 15) is 8.42 Å². The number of sulfonamides is 1. The molecule has 6 nitrogen and oxygen atoms in total. The molecule has 1 aromatic carbocycles. The molecule has 2 aromatic rings. The summed E-state index contributed by atoms with van der Waals surface area (Å²) in [5, 5.41) is 9.16. The predicted octanol–water partition coefficient (Wildman–Crippen LogP) is 0.912. The maximum atomic E-state index is 12.6. The molecule has 0 atom stereocenters. The molecule has 0 spiro atoms. The molecule has 21 heavy (non-hydrogen) atoms. The number of nitrogens with zero attached hydrogens (tertiary/aromatic N) is 3. The van der Waals surface area contributed by atoms with Gasteiger partial charge in [-0.05, 0) is 12.5 Å². The average Bonchev–Trinajstić information content (AvgIpc) is 2.80. The van der Waals surface area contributed by atoms with E-state index >= 15 is 0 Å². The fourth-order valence-electron chi connectivity index (χ4n) is 1.97. The van der Waals surface area contributed by atoms with Crippen LogP contribution >= 0.6 is 0 Å². The topological polar surface area (TPSA) is 75.4 Å². The molecule has 0 radical (unpaired) electrons. The van der Waals surface area contributed by atoms with Crippen molar-refractivity contribution in [1.82, 2.24) is 13.9 Å². The van der Waals surface area contributed by atoms with E-state index in [1.807, 2.05) is 30.3 Å². The second-order valence-electron chi connectivity index (χ2n) is 4.79.